The molecule has 0 spiro atoms. The summed E-state index contributed by atoms with van der Waals surface area (Å²) >= 11 is 0. The van der Waals surface area contributed by atoms with Gasteiger partial charge in [0, 0.05) is 12.1 Å². The number of ether oxygens (including phenoxy) is 1. The summed E-state index contributed by atoms with van der Waals surface area (Å²) in [5.41, 5.74) is 1.16. The van der Waals surface area contributed by atoms with Crippen molar-refractivity contribution in [3.05, 3.63) is 29.8 Å². The van der Waals surface area contributed by atoms with Crippen molar-refractivity contribution in [2.45, 2.75) is 38.8 Å². The van der Waals surface area contributed by atoms with Crippen LogP contribution in [0.3, 0.4) is 0 Å². The molecular formula is C15H21NO2. The minimum Gasteiger partial charge on any atom is -0.496 e. The van der Waals surface area contributed by atoms with E-state index >= 15 is 0 Å². The third-order valence-electron chi connectivity index (χ3n) is 3.65. The average Bonchev–Trinajstić information content (AvgIpc) is 2.40. The Kier molecular flexibility index (Phi) is 4.37. The Bertz CT molecular complexity index is 417. The molecule has 1 aliphatic rings. The molecule has 2 rings (SSSR count). The predicted octanol–water partition coefficient (Wildman–Crippen LogP) is 2.64. The zero-order chi connectivity index (χ0) is 13.0. The van der Waals surface area contributed by atoms with Crippen molar-refractivity contribution in [1.82, 2.24) is 4.90 Å². The lowest BCUT2D eigenvalue weighted by Gasteiger charge is -2.34. The molecule has 0 aromatic heterocycles. The van der Waals surface area contributed by atoms with Gasteiger partial charge in [-0.2, -0.15) is 0 Å². The largest absolute Gasteiger partial charge is 0.496 e. The fourth-order valence-corrected chi connectivity index (χ4v) is 2.69. The minimum absolute atomic E-state index is 0.0867. The zero-order valence-corrected chi connectivity index (χ0v) is 11.2. The van der Waals surface area contributed by atoms with Gasteiger partial charge in [-0.3, -0.25) is 9.69 Å². The smallest absolute Gasteiger partial charge is 0.146 e. The van der Waals surface area contributed by atoms with Crippen molar-refractivity contribution in [3.8, 4) is 5.75 Å². The van der Waals surface area contributed by atoms with Crippen LogP contribution in [0.25, 0.3) is 0 Å². The fraction of sp³-hybridized carbons (Fsp3) is 0.533. The van der Waals surface area contributed by atoms with Crippen molar-refractivity contribution >= 4 is 5.78 Å². The topological polar surface area (TPSA) is 29.5 Å². The molecular weight excluding hydrogens is 226 g/mol. The van der Waals surface area contributed by atoms with Gasteiger partial charge in [0.2, 0.25) is 0 Å². The highest BCUT2D eigenvalue weighted by molar-refractivity contribution is 5.81. The molecule has 0 radical (unpaired) electrons. The maximum atomic E-state index is 11.7. The predicted molar refractivity (Wildman–Crippen MR) is 71.7 cm³/mol. The lowest BCUT2D eigenvalue weighted by Crippen LogP contribution is -2.43. The number of hydrogen-bond acceptors (Lipinski definition) is 3. The van der Waals surface area contributed by atoms with Crippen molar-refractivity contribution in [3.63, 3.8) is 0 Å². The molecule has 0 aliphatic carbocycles. The Labute approximate surface area is 109 Å². The number of Topliss-reactive ketones (excluding diaryl/α,β-unsaturated/α-hetero) is 1. The summed E-state index contributed by atoms with van der Waals surface area (Å²) in [6.45, 7) is 3.50. The fourth-order valence-electron chi connectivity index (χ4n) is 2.69. The number of piperidine rings is 1. The van der Waals surface area contributed by atoms with Gasteiger partial charge in [0.25, 0.3) is 0 Å². The molecule has 1 fully saturated rings. The molecule has 1 aliphatic heterocycles. The SMILES string of the molecule is COc1ccccc1CN1CCCCC1C(C)=O. The highest BCUT2D eigenvalue weighted by atomic mass is 16.5. The van der Waals surface area contributed by atoms with Crippen LogP contribution in [-0.4, -0.2) is 30.4 Å². The summed E-state index contributed by atoms with van der Waals surface area (Å²) in [4.78, 5) is 14.0. The van der Waals surface area contributed by atoms with E-state index in [4.69, 9.17) is 4.74 Å². The van der Waals surface area contributed by atoms with E-state index in [0.29, 0.717) is 0 Å². The first kappa shape index (κ1) is 13.1. The maximum absolute atomic E-state index is 11.7. The number of ketones is 1. The van der Waals surface area contributed by atoms with Gasteiger partial charge in [-0.1, -0.05) is 24.6 Å². The normalized spacial score (nSPS) is 20.7. The van der Waals surface area contributed by atoms with Gasteiger partial charge in [-0.25, -0.2) is 0 Å². The maximum Gasteiger partial charge on any atom is 0.146 e. The molecule has 1 saturated heterocycles. The van der Waals surface area contributed by atoms with E-state index in [0.717, 1.165) is 37.2 Å². The summed E-state index contributed by atoms with van der Waals surface area (Å²) in [7, 11) is 1.69. The number of hydrogen-bond donors (Lipinski definition) is 0. The molecule has 0 saturated carbocycles. The number of methoxy groups -OCH3 is 1. The molecule has 0 amide bonds. The van der Waals surface area contributed by atoms with Gasteiger partial charge in [-0.15, -0.1) is 0 Å². The van der Waals surface area contributed by atoms with Crippen molar-refractivity contribution < 1.29 is 9.53 Å². The van der Waals surface area contributed by atoms with E-state index in [-0.39, 0.29) is 11.8 Å². The summed E-state index contributed by atoms with van der Waals surface area (Å²) in [5, 5.41) is 0. The van der Waals surface area contributed by atoms with Crippen LogP contribution in [0.15, 0.2) is 24.3 Å². The third kappa shape index (κ3) is 2.91. The first-order chi connectivity index (χ1) is 8.72. The van der Waals surface area contributed by atoms with Gasteiger partial charge in [0.05, 0.1) is 13.2 Å². The number of benzene rings is 1. The van der Waals surface area contributed by atoms with E-state index in [1.54, 1.807) is 14.0 Å². The number of rotatable bonds is 4. The second-order valence-electron chi connectivity index (χ2n) is 4.90. The Morgan fingerprint density at radius 1 is 1.39 bits per heavy atom. The molecule has 1 atom stereocenters. The van der Waals surface area contributed by atoms with Crippen molar-refractivity contribution in [2.75, 3.05) is 13.7 Å². The second-order valence-corrected chi connectivity index (χ2v) is 4.90. The molecule has 18 heavy (non-hydrogen) atoms. The summed E-state index contributed by atoms with van der Waals surface area (Å²) in [6, 6.07) is 8.13. The number of para-hydroxylation sites is 1. The third-order valence-corrected chi connectivity index (χ3v) is 3.65. The molecule has 3 heteroatoms. The first-order valence-corrected chi connectivity index (χ1v) is 6.58. The summed E-state index contributed by atoms with van der Waals surface area (Å²) < 4.78 is 5.37. The van der Waals surface area contributed by atoms with E-state index in [9.17, 15) is 4.79 Å². The summed E-state index contributed by atoms with van der Waals surface area (Å²) in [5.74, 6) is 1.19. The van der Waals surface area contributed by atoms with E-state index in [2.05, 4.69) is 11.0 Å². The van der Waals surface area contributed by atoms with Crippen LogP contribution in [0.5, 0.6) is 5.75 Å². The zero-order valence-electron chi connectivity index (χ0n) is 11.2. The molecule has 0 N–H and O–H groups in total. The van der Waals surface area contributed by atoms with Crippen molar-refractivity contribution in [2.24, 2.45) is 0 Å². The van der Waals surface area contributed by atoms with Crippen LogP contribution in [0, 0.1) is 0 Å². The quantitative estimate of drug-likeness (QED) is 0.819. The van der Waals surface area contributed by atoms with Crippen LogP contribution in [0.4, 0.5) is 0 Å². The van der Waals surface area contributed by atoms with Gasteiger partial charge < -0.3 is 4.74 Å². The van der Waals surface area contributed by atoms with E-state index in [1.165, 1.54) is 6.42 Å². The molecule has 0 bridgehead atoms. The van der Waals surface area contributed by atoms with Gasteiger partial charge in [0.1, 0.15) is 11.5 Å². The highest BCUT2D eigenvalue weighted by Gasteiger charge is 2.26. The lowest BCUT2D eigenvalue weighted by atomic mass is 9.98. The number of carbonyl (C=O) groups excluding carboxylic acids is 1. The first-order valence-electron chi connectivity index (χ1n) is 6.58. The average molecular weight is 247 g/mol. The van der Waals surface area contributed by atoms with E-state index in [1.807, 2.05) is 18.2 Å². The monoisotopic (exact) mass is 247 g/mol. The minimum atomic E-state index is 0.0867. The standard InChI is InChI=1S/C15H21NO2/c1-12(17)14-8-5-6-10-16(14)11-13-7-3-4-9-15(13)18-2/h3-4,7,9,14H,5-6,8,10-11H2,1-2H3. The van der Waals surface area contributed by atoms with Crippen LogP contribution >= 0.6 is 0 Å². The van der Waals surface area contributed by atoms with Gasteiger partial charge in [0.15, 0.2) is 0 Å². The van der Waals surface area contributed by atoms with Crippen LogP contribution < -0.4 is 4.74 Å². The lowest BCUT2D eigenvalue weighted by molar-refractivity contribution is -0.123. The molecule has 3 nitrogen and oxygen atoms in total. The Balaban J connectivity index is 2.13. The van der Waals surface area contributed by atoms with E-state index < -0.39 is 0 Å². The number of nitrogens with zero attached hydrogens (tertiary/aromatic N) is 1. The van der Waals surface area contributed by atoms with Gasteiger partial charge >= 0.3 is 0 Å². The molecule has 1 unspecified atom stereocenters. The number of likely N-dealkylation sites (tertiary alicyclic amines) is 1. The van der Waals surface area contributed by atoms with Crippen LogP contribution in [0.2, 0.25) is 0 Å². The molecule has 1 aromatic rings. The second kappa shape index (κ2) is 6.01. The Morgan fingerprint density at radius 2 is 2.17 bits per heavy atom. The molecule has 1 heterocycles. The van der Waals surface area contributed by atoms with Gasteiger partial charge in [-0.05, 0) is 32.4 Å². The van der Waals surface area contributed by atoms with Crippen LogP contribution in [0.1, 0.15) is 31.7 Å². The number of carbonyl (C=O) groups is 1. The molecule has 1 aromatic carbocycles. The van der Waals surface area contributed by atoms with Crippen LogP contribution in [-0.2, 0) is 11.3 Å². The summed E-state index contributed by atoms with van der Waals surface area (Å²) in [6.07, 6.45) is 3.33. The highest BCUT2D eigenvalue weighted by Crippen LogP contribution is 2.24. The molecule has 98 valence electrons. The Hall–Kier alpha value is -1.35. The van der Waals surface area contributed by atoms with Crippen molar-refractivity contribution in [1.29, 1.82) is 0 Å². The Morgan fingerprint density at radius 3 is 2.89 bits per heavy atom.